The van der Waals surface area contributed by atoms with Crippen LogP contribution in [-0.4, -0.2) is 57.3 Å². The second-order valence-corrected chi connectivity index (χ2v) is 13.0. The van der Waals surface area contributed by atoms with Gasteiger partial charge in [-0.2, -0.15) is 0 Å². The molecule has 258 valence electrons. The third-order valence-corrected chi connectivity index (χ3v) is 9.33. The first-order valence-corrected chi connectivity index (χ1v) is 18.4. The van der Waals surface area contributed by atoms with Crippen LogP contribution in [0.3, 0.4) is 0 Å². The molecule has 2 N–H and O–H groups in total. The molecule has 0 heterocycles. The molecular weight excluding hydrogens is 554 g/mol. The summed E-state index contributed by atoms with van der Waals surface area (Å²) in [4.78, 5) is 37.7. The first kappa shape index (κ1) is 42.1. The van der Waals surface area contributed by atoms with E-state index in [1.807, 2.05) is 20.8 Å². The Morgan fingerprint density at radius 1 is 0.523 bits per heavy atom. The topological polar surface area (TPSA) is 115 Å². The minimum atomic E-state index is -1.33. The molecule has 0 spiro atoms. The number of carbonyl (C=O) groups is 3. The van der Waals surface area contributed by atoms with E-state index < -0.39 is 40.5 Å². The Kier molecular flexibility index (Phi) is 26.2. The Bertz CT molecular complexity index is 707. The summed E-state index contributed by atoms with van der Waals surface area (Å²) in [5.41, 5.74) is 0. The predicted molar refractivity (Wildman–Crippen MR) is 179 cm³/mol. The fourth-order valence-corrected chi connectivity index (χ4v) is 6.97. The van der Waals surface area contributed by atoms with E-state index >= 15 is 0 Å². The maximum absolute atomic E-state index is 12.6. The van der Waals surface area contributed by atoms with Crippen LogP contribution in [0.15, 0.2) is 12.2 Å². The van der Waals surface area contributed by atoms with Gasteiger partial charge in [0.25, 0.3) is 0 Å². The van der Waals surface area contributed by atoms with Gasteiger partial charge in [0, 0.05) is 19.3 Å². The number of unbranched alkanes of at least 4 members (excludes halogenated alkanes) is 16. The standard InChI is InChI=1S/C37H69NO6/c1-5-9-10-11-12-13-14-15-16-17-18-19-20-21-22-23-24-25-26-27-31-38(32(28-6-2)35(39)40,33(29-7-3)36(41)42)34(30-8-4)37(43)44/h14-15,32-34H,5-13,16-31H2,1-4H3,(H2-,39,40,41,42,43,44)/b15-14+. The summed E-state index contributed by atoms with van der Waals surface area (Å²) in [7, 11) is 0. The van der Waals surface area contributed by atoms with Gasteiger partial charge in [0.15, 0.2) is 12.1 Å². The first-order chi connectivity index (χ1) is 21.2. The van der Waals surface area contributed by atoms with Crippen molar-refractivity contribution >= 4 is 17.9 Å². The van der Waals surface area contributed by atoms with Crippen LogP contribution in [0, 0.1) is 0 Å². The van der Waals surface area contributed by atoms with Gasteiger partial charge < -0.3 is 20.1 Å². The molecule has 0 aromatic heterocycles. The minimum Gasteiger partial charge on any atom is -0.544 e. The van der Waals surface area contributed by atoms with Gasteiger partial charge in [-0.1, -0.05) is 123 Å². The highest BCUT2D eigenvalue weighted by molar-refractivity contribution is 5.77. The molecular formula is C37H69NO6. The molecule has 0 aromatic rings. The van der Waals surface area contributed by atoms with E-state index in [-0.39, 0.29) is 25.8 Å². The summed E-state index contributed by atoms with van der Waals surface area (Å²) in [6.45, 7) is 8.07. The predicted octanol–water partition coefficient (Wildman–Crippen LogP) is 8.83. The van der Waals surface area contributed by atoms with Crippen molar-refractivity contribution in [3.05, 3.63) is 12.2 Å². The zero-order valence-electron chi connectivity index (χ0n) is 29.0. The van der Waals surface area contributed by atoms with E-state index in [1.165, 1.54) is 89.9 Å². The van der Waals surface area contributed by atoms with Gasteiger partial charge in [-0.05, 0) is 51.4 Å². The van der Waals surface area contributed by atoms with Crippen molar-refractivity contribution in [2.45, 2.75) is 200 Å². The quantitative estimate of drug-likeness (QED) is 0.0439. The molecule has 0 aromatic carbocycles. The lowest BCUT2D eigenvalue weighted by Crippen LogP contribution is -2.74. The number of hydrogen-bond acceptors (Lipinski definition) is 4. The molecule has 0 radical (unpaired) electrons. The van der Waals surface area contributed by atoms with Gasteiger partial charge in [-0.25, -0.2) is 9.59 Å². The van der Waals surface area contributed by atoms with E-state index in [4.69, 9.17) is 0 Å². The van der Waals surface area contributed by atoms with Crippen molar-refractivity contribution in [2.75, 3.05) is 6.54 Å². The average Bonchev–Trinajstić information content (AvgIpc) is 2.98. The number of hydrogen-bond donors (Lipinski definition) is 2. The van der Waals surface area contributed by atoms with Crippen LogP contribution in [0.4, 0.5) is 0 Å². The molecule has 0 saturated carbocycles. The summed E-state index contributed by atoms with van der Waals surface area (Å²) >= 11 is 0. The number of carboxylic acids is 3. The molecule has 0 amide bonds. The summed E-state index contributed by atoms with van der Waals surface area (Å²) in [5.74, 6) is -3.55. The monoisotopic (exact) mass is 624 g/mol. The molecule has 0 fully saturated rings. The van der Waals surface area contributed by atoms with Crippen LogP contribution < -0.4 is 5.11 Å². The SMILES string of the molecule is CCCCCCC/C=C/CCCCCCCCCCCCC[N+](C(CCC)C(=O)[O-])(C(CCC)C(=O)O)C(CCC)C(=O)O. The van der Waals surface area contributed by atoms with Crippen molar-refractivity contribution in [1.29, 1.82) is 0 Å². The highest BCUT2D eigenvalue weighted by Gasteiger charge is 2.54. The van der Waals surface area contributed by atoms with Crippen LogP contribution in [-0.2, 0) is 14.4 Å². The molecule has 0 aliphatic carbocycles. The van der Waals surface area contributed by atoms with E-state index in [0.717, 1.165) is 19.3 Å². The lowest BCUT2D eigenvalue weighted by atomic mass is 9.91. The summed E-state index contributed by atoms with van der Waals surface area (Å²) < 4.78 is -0.433. The van der Waals surface area contributed by atoms with Gasteiger partial charge in [0.2, 0.25) is 0 Å². The van der Waals surface area contributed by atoms with E-state index in [1.54, 1.807) is 0 Å². The molecule has 0 saturated heterocycles. The zero-order chi connectivity index (χ0) is 33.1. The largest absolute Gasteiger partial charge is 0.544 e. The molecule has 7 nitrogen and oxygen atoms in total. The third-order valence-electron chi connectivity index (χ3n) is 9.33. The molecule has 3 unspecified atom stereocenters. The van der Waals surface area contributed by atoms with E-state index in [2.05, 4.69) is 19.1 Å². The van der Waals surface area contributed by atoms with Gasteiger partial charge >= 0.3 is 11.9 Å². The van der Waals surface area contributed by atoms with Crippen LogP contribution in [0.25, 0.3) is 0 Å². The number of allylic oxidation sites excluding steroid dienone is 2. The van der Waals surface area contributed by atoms with Gasteiger partial charge in [0.05, 0.1) is 12.5 Å². The van der Waals surface area contributed by atoms with E-state index in [9.17, 15) is 29.7 Å². The van der Waals surface area contributed by atoms with Crippen molar-refractivity contribution < 1.29 is 34.2 Å². The first-order valence-electron chi connectivity index (χ1n) is 18.4. The number of carboxylic acid groups (broad SMARTS) is 3. The van der Waals surface area contributed by atoms with Crippen molar-refractivity contribution in [2.24, 2.45) is 0 Å². The van der Waals surface area contributed by atoms with Gasteiger partial charge in [-0.3, -0.25) is 4.48 Å². The number of quaternary nitrogens is 1. The van der Waals surface area contributed by atoms with Crippen molar-refractivity contribution in [3.63, 3.8) is 0 Å². The average molecular weight is 624 g/mol. The van der Waals surface area contributed by atoms with Crippen molar-refractivity contribution in [1.82, 2.24) is 0 Å². The Morgan fingerprint density at radius 2 is 0.864 bits per heavy atom. The Morgan fingerprint density at radius 3 is 1.20 bits per heavy atom. The van der Waals surface area contributed by atoms with E-state index in [0.29, 0.717) is 25.7 Å². The molecule has 7 heteroatoms. The summed E-state index contributed by atoms with van der Waals surface area (Å²) in [5, 5.41) is 33.0. The third kappa shape index (κ3) is 17.0. The Labute approximate surface area is 270 Å². The number of nitrogens with zero attached hydrogens (tertiary/aromatic N) is 1. The second kappa shape index (κ2) is 27.4. The Balaban J connectivity index is 4.74. The second-order valence-electron chi connectivity index (χ2n) is 13.0. The maximum atomic E-state index is 12.6. The highest BCUT2D eigenvalue weighted by atomic mass is 16.4. The fourth-order valence-electron chi connectivity index (χ4n) is 6.97. The minimum absolute atomic E-state index is 0.208. The van der Waals surface area contributed by atoms with Crippen LogP contribution in [0.1, 0.15) is 182 Å². The van der Waals surface area contributed by atoms with Crippen LogP contribution in [0.5, 0.6) is 0 Å². The fraction of sp³-hybridized carbons (Fsp3) is 0.865. The maximum Gasteiger partial charge on any atom is 0.362 e. The zero-order valence-corrected chi connectivity index (χ0v) is 29.0. The number of rotatable bonds is 32. The summed E-state index contributed by atoms with van der Waals surface area (Å²) in [6, 6.07) is -3.33. The number of aliphatic carboxylic acids is 3. The summed E-state index contributed by atoms with van der Waals surface area (Å²) in [6.07, 6.45) is 28.5. The van der Waals surface area contributed by atoms with Crippen LogP contribution in [0.2, 0.25) is 0 Å². The lowest BCUT2D eigenvalue weighted by molar-refractivity contribution is -0.975. The highest BCUT2D eigenvalue weighted by Crippen LogP contribution is 2.34. The smallest absolute Gasteiger partial charge is 0.362 e. The molecule has 0 aliphatic heterocycles. The molecule has 44 heavy (non-hydrogen) atoms. The van der Waals surface area contributed by atoms with Crippen molar-refractivity contribution in [3.8, 4) is 0 Å². The Hall–Kier alpha value is -1.89. The van der Waals surface area contributed by atoms with Gasteiger partial charge in [-0.15, -0.1) is 0 Å². The van der Waals surface area contributed by atoms with Gasteiger partial charge in [0.1, 0.15) is 6.04 Å². The van der Waals surface area contributed by atoms with Crippen LogP contribution >= 0.6 is 0 Å². The normalized spacial score (nSPS) is 15.2. The molecule has 0 aliphatic rings. The molecule has 0 rings (SSSR count). The lowest BCUT2D eigenvalue weighted by Gasteiger charge is -2.52. The molecule has 0 bridgehead atoms. The number of carbonyl (C=O) groups excluding carboxylic acids is 1. The molecule has 3 atom stereocenters.